The molecule has 5 heterocycles. The van der Waals surface area contributed by atoms with Crippen molar-refractivity contribution in [3.8, 4) is 5.75 Å². The number of aromatic nitrogens is 1. The molecular formula is C56H79ClN8O17S. The quantitative estimate of drug-likeness (QED) is 0.0325. The van der Waals surface area contributed by atoms with Crippen LogP contribution in [0.25, 0.3) is 10.9 Å². The highest BCUT2D eigenvalue weighted by Crippen LogP contribution is 2.50. The van der Waals surface area contributed by atoms with E-state index in [9.17, 15) is 46.8 Å². The second-order valence-corrected chi connectivity index (χ2v) is 23.4. The van der Waals surface area contributed by atoms with Crippen LogP contribution in [-0.4, -0.2) is 197 Å². The molecule has 3 aromatic rings. The number of allylic oxidation sites excluding steroid dienone is 3. The zero-order valence-electron chi connectivity index (χ0n) is 48.7. The smallest absolute Gasteiger partial charge is 0.409 e. The summed E-state index contributed by atoms with van der Waals surface area (Å²) in [5, 5.41) is 22.3. The molecule has 0 aliphatic carbocycles. The fourth-order valence-electron chi connectivity index (χ4n) is 10.4. The Morgan fingerprint density at radius 3 is 2.39 bits per heavy atom. The van der Waals surface area contributed by atoms with Crippen LogP contribution in [-0.2, 0) is 82.0 Å². The molecule has 8 atom stereocenters. The molecular weight excluding hydrogens is 1120 g/mol. The number of hydrogen-bond acceptors (Lipinski definition) is 18. The number of carbonyl (C=O) groups excluding carboxylic acids is 6. The Balaban J connectivity index is 1.01. The molecule has 2 aromatic carbocycles. The lowest BCUT2D eigenvalue weighted by Gasteiger charge is -2.59. The molecule has 4 aliphatic heterocycles. The fraction of sp³-hybridized carbons (Fsp3) is 0.571. The van der Waals surface area contributed by atoms with Crippen LogP contribution in [0.2, 0.25) is 5.02 Å². The number of ether oxygens (including phenoxy) is 7. The van der Waals surface area contributed by atoms with Crippen LogP contribution < -0.4 is 31.0 Å². The number of amides is 5. The van der Waals surface area contributed by atoms with Crippen molar-refractivity contribution in [3.63, 3.8) is 0 Å². The molecule has 1 unspecified atom stereocenters. The minimum atomic E-state index is -4.68. The Hall–Kier alpha value is -6.20. The van der Waals surface area contributed by atoms with Crippen molar-refractivity contribution in [1.29, 1.82) is 0 Å². The summed E-state index contributed by atoms with van der Waals surface area (Å²) in [7, 11) is 4.79. The predicted molar refractivity (Wildman–Crippen MR) is 306 cm³/mol. The summed E-state index contributed by atoms with van der Waals surface area (Å²) in [5.74, 6) is -4.01. The number of halogens is 1. The predicted octanol–water partition coefficient (Wildman–Crippen LogP) is 3.18. The van der Waals surface area contributed by atoms with E-state index in [2.05, 4.69) is 21.4 Å². The Bertz CT molecular complexity index is 3010. The molecule has 0 spiro atoms. The van der Waals surface area contributed by atoms with Crippen molar-refractivity contribution in [2.75, 3.05) is 86.0 Å². The SMILES string of the molecule is CNN(C)Cc1cc2ccccc2n1CCC(=O)N[C@@H](CS(=O)(=O)O)C(=O)NCCOCCOCCC(=O)N(C)[C@@H](C)C(=O)O[C@H]1CC(=O)N(C)c2cc(cc(OC)c2Cl)C/C(C)=C/C=C/[C@@H](OC)[C@@]2(O)C[C@H](OC(=O)N2)C2(C)C[C@@]1(C)O2. The number of benzene rings is 2. The van der Waals surface area contributed by atoms with Gasteiger partial charge in [0.1, 0.15) is 58.1 Å². The van der Waals surface area contributed by atoms with Gasteiger partial charge >= 0.3 is 12.1 Å². The minimum absolute atomic E-state index is 0.0333. The van der Waals surface area contributed by atoms with Crippen LogP contribution in [0.4, 0.5) is 10.5 Å². The number of nitrogens with one attached hydrogen (secondary N) is 4. The van der Waals surface area contributed by atoms with Crippen molar-refractivity contribution in [1.82, 2.24) is 35.9 Å². The van der Waals surface area contributed by atoms with Gasteiger partial charge in [0.05, 0.1) is 58.6 Å². The summed E-state index contributed by atoms with van der Waals surface area (Å²) >= 11 is 6.81. The highest BCUT2D eigenvalue weighted by molar-refractivity contribution is 7.85. The van der Waals surface area contributed by atoms with Gasteiger partial charge in [-0.15, -0.1) is 0 Å². The molecule has 6 bridgehead atoms. The number of rotatable bonds is 24. The number of esters is 1. The first-order valence-corrected chi connectivity index (χ1v) is 29.1. The van der Waals surface area contributed by atoms with E-state index in [1.165, 1.54) is 45.0 Å². The monoisotopic (exact) mass is 1200 g/mol. The first kappa shape index (κ1) is 65.9. The van der Waals surface area contributed by atoms with E-state index in [-0.39, 0.29) is 70.2 Å². The summed E-state index contributed by atoms with van der Waals surface area (Å²) in [5.41, 5.74) is 2.32. The molecule has 2 fully saturated rings. The molecule has 1 aromatic heterocycles. The van der Waals surface area contributed by atoms with Crippen molar-refractivity contribution in [3.05, 3.63) is 82.5 Å². The van der Waals surface area contributed by atoms with E-state index in [1.54, 1.807) is 45.2 Å². The Morgan fingerprint density at radius 1 is 1.01 bits per heavy atom. The number of likely N-dealkylation sites (N-methyl/N-ethyl adjacent to an activating group) is 1. The molecule has 6 N–H and O–H groups in total. The van der Waals surface area contributed by atoms with Gasteiger partial charge in [0.15, 0.2) is 5.72 Å². The average Bonchev–Trinajstić information content (AvgIpc) is 2.31. The van der Waals surface area contributed by atoms with E-state index < -0.39 is 105 Å². The Kier molecular flexibility index (Phi) is 22.7. The maximum atomic E-state index is 14.4. The standard InChI is InChI=1S/C56H79ClN8O17S/c1-35-14-13-17-44(77-10)56(72)31-46(81-53(71)61-56)55(4)34-54(3,82-55)45(30-49(68)64(8)42-27-37(26-35)28-43(76-9)50(42)57)80-52(70)36(2)63(7)48(67)19-22-78-24-25-79-23-20-59-51(69)40(33-83(73,74)75)60-47(66)18-21-65-39(32-62(6)58-5)29-38-15-11-12-16-41(38)65/h11-17,27-29,36,40,44-46,58,72H,18-26,30-34H2,1-10H3,(H,59,69)(H,60,66)(H,61,71)(H,73,74,75)/b17-13+,35-14+/t36-,40-,44+,45-,46-,54+,55?,56-/m0/s1. The number of anilines is 1. The lowest BCUT2D eigenvalue weighted by molar-refractivity contribution is -0.328. The summed E-state index contributed by atoms with van der Waals surface area (Å²) < 4.78 is 76.1. The fourth-order valence-corrected chi connectivity index (χ4v) is 11.4. The molecule has 7 rings (SSSR count). The number of alkyl carbamates (subject to hydrolysis) is 1. The van der Waals surface area contributed by atoms with Gasteiger partial charge in [-0.3, -0.25) is 34.5 Å². The van der Waals surface area contributed by atoms with E-state index in [4.69, 9.17) is 44.8 Å². The van der Waals surface area contributed by atoms with Crippen molar-refractivity contribution < 1.29 is 80.0 Å². The topological polar surface area (TPSA) is 304 Å². The number of hydrogen-bond donors (Lipinski definition) is 6. The minimum Gasteiger partial charge on any atom is -0.495 e. The van der Waals surface area contributed by atoms with Crippen LogP contribution in [0.3, 0.4) is 0 Å². The summed E-state index contributed by atoms with van der Waals surface area (Å²) in [6, 6.07) is 10.4. The first-order valence-electron chi connectivity index (χ1n) is 27.1. The van der Waals surface area contributed by atoms with Crippen LogP contribution in [0.1, 0.15) is 71.1 Å². The number of methoxy groups -OCH3 is 2. The third kappa shape index (κ3) is 17.2. The van der Waals surface area contributed by atoms with E-state index in [0.29, 0.717) is 24.4 Å². The number of nitrogens with zero attached hydrogens (tertiary/aromatic N) is 4. The highest BCUT2D eigenvalue weighted by Gasteiger charge is 2.63. The number of para-hydroxylation sites is 1. The molecule has 458 valence electrons. The molecule has 2 saturated heterocycles. The van der Waals surface area contributed by atoms with Gasteiger partial charge in [-0.2, -0.15) is 8.42 Å². The van der Waals surface area contributed by atoms with Gasteiger partial charge in [-0.25, -0.2) is 14.6 Å². The molecule has 5 amide bonds. The van der Waals surface area contributed by atoms with Gasteiger partial charge in [-0.1, -0.05) is 53.6 Å². The van der Waals surface area contributed by atoms with E-state index >= 15 is 0 Å². The molecule has 25 nitrogen and oxygen atoms in total. The Labute approximate surface area is 488 Å². The lowest BCUT2D eigenvalue weighted by Crippen LogP contribution is -2.72. The van der Waals surface area contributed by atoms with Gasteiger partial charge in [0.2, 0.25) is 23.6 Å². The first-order chi connectivity index (χ1) is 39.1. The van der Waals surface area contributed by atoms with Crippen LogP contribution in [0, 0.1) is 0 Å². The Morgan fingerprint density at radius 2 is 1.71 bits per heavy atom. The van der Waals surface area contributed by atoms with Crippen LogP contribution in [0.5, 0.6) is 5.75 Å². The number of hydrazine groups is 1. The summed E-state index contributed by atoms with van der Waals surface area (Å²) in [6.45, 7) is 7.35. The van der Waals surface area contributed by atoms with Gasteiger partial charge in [0.25, 0.3) is 10.1 Å². The molecule has 83 heavy (non-hydrogen) atoms. The number of aryl methyl sites for hydroxylation is 1. The van der Waals surface area contributed by atoms with Gasteiger partial charge in [0, 0.05) is 71.8 Å². The van der Waals surface area contributed by atoms with Gasteiger partial charge in [-0.05, 0) is 76.4 Å². The maximum absolute atomic E-state index is 14.4. The normalized spacial score (nSPS) is 24.8. The molecule has 0 saturated carbocycles. The van der Waals surface area contributed by atoms with Crippen molar-refractivity contribution in [2.24, 2.45) is 0 Å². The number of fused-ring (bicyclic) bond motifs is 7. The second-order valence-electron chi connectivity index (χ2n) is 21.5. The lowest BCUT2D eigenvalue weighted by atomic mass is 9.72. The largest absolute Gasteiger partial charge is 0.495 e. The van der Waals surface area contributed by atoms with Gasteiger partial charge < -0.3 is 63.3 Å². The van der Waals surface area contributed by atoms with Crippen LogP contribution in [0.15, 0.2) is 66.3 Å². The third-order valence-corrected chi connectivity index (χ3v) is 16.2. The molecule has 4 aliphatic rings. The average molecular weight is 1200 g/mol. The zero-order valence-corrected chi connectivity index (χ0v) is 50.2. The molecule has 0 radical (unpaired) electrons. The van der Waals surface area contributed by atoms with Crippen LogP contribution >= 0.6 is 11.6 Å². The number of carbonyl (C=O) groups is 6. The summed E-state index contributed by atoms with van der Waals surface area (Å²) in [6.07, 6.45) is 0.631. The third-order valence-electron chi connectivity index (χ3n) is 15.1. The summed E-state index contributed by atoms with van der Waals surface area (Å²) in [4.78, 5) is 83.6. The van der Waals surface area contributed by atoms with Crippen molar-refractivity contribution >= 4 is 74.0 Å². The number of aliphatic hydroxyl groups is 1. The van der Waals surface area contributed by atoms with E-state index in [0.717, 1.165) is 27.7 Å². The van der Waals surface area contributed by atoms with E-state index in [1.807, 2.05) is 60.0 Å². The second kappa shape index (κ2) is 28.6. The zero-order chi connectivity index (χ0) is 61.0. The molecule has 27 heteroatoms. The highest BCUT2D eigenvalue weighted by atomic mass is 35.5. The van der Waals surface area contributed by atoms with Crippen molar-refractivity contribution in [2.45, 2.75) is 127 Å². The maximum Gasteiger partial charge on any atom is 0.409 e.